The average molecular weight is 442 g/mol. The number of rotatable bonds is 6. The second kappa shape index (κ2) is 8.61. The van der Waals surface area contributed by atoms with Gasteiger partial charge in [-0.15, -0.1) is 0 Å². The molecule has 0 fully saturated rings. The Kier molecular flexibility index (Phi) is 6.19. The number of hydrogen-bond acceptors (Lipinski definition) is 3. The Balaban J connectivity index is 1.80. The highest BCUT2D eigenvalue weighted by atomic mass is 79.9. The molecule has 0 saturated carbocycles. The fourth-order valence-electron chi connectivity index (χ4n) is 3.09. The molecular weight excluding hydrogens is 418 g/mol. The van der Waals surface area contributed by atoms with Crippen LogP contribution in [0.3, 0.4) is 0 Å². The summed E-state index contributed by atoms with van der Waals surface area (Å²) in [6, 6.07) is 15.6. The molecule has 146 valence electrons. The van der Waals surface area contributed by atoms with Crippen LogP contribution in [0.1, 0.15) is 41.2 Å². The first kappa shape index (κ1) is 20.1. The lowest BCUT2D eigenvalue weighted by atomic mass is 10.1. The third-order valence-corrected chi connectivity index (χ3v) is 4.89. The van der Waals surface area contributed by atoms with E-state index in [1.54, 1.807) is 4.68 Å². The highest BCUT2D eigenvalue weighted by Gasteiger charge is 2.19. The summed E-state index contributed by atoms with van der Waals surface area (Å²) in [5, 5.41) is 7.56. The highest BCUT2D eigenvalue weighted by Crippen LogP contribution is 2.22. The minimum Gasteiger partial charge on any atom is -0.491 e. The summed E-state index contributed by atoms with van der Waals surface area (Å²) in [5.41, 5.74) is 3.97. The minimum atomic E-state index is -0.141. The molecular formula is C22H24BrN3O2. The number of benzene rings is 2. The van der Waals surface area contributed by atoms with Gasteiger partial charge < -0.3 is 10.1 Å². The predicted octanol–water partition coefficient (Wildman–Crippen LogP) is 4.97. The predicted molar refractivity (Wildman–Crippen MR) is 114 cm³/mol. The molecule has 0 atom stereocenters. The molecule has 0 aliphatic rings. The van der Waals surface area contributed by atoms with E-state index in [0.717, 1.165) is 27.2 Å². The molecule has 0 unspecified atom stereocenters. The van der Waals surface area contributed by atoms with Gasteiger partial charge in [0.25, 0.3) is 5.91 Å². The molecule has 1 amide bonds. The molecule has 0 aliphatic heterocycles. The van der Waals surface area contributed by atoms with Crippen LogP contribution >= 0.6 is 15.9 Å². The smallest absolute Gasteiger partial charge is 0.255 e. The lowest BCUT2D eigenvalue weighted by molar-refractivity contribution is 0.0949. The van der Waals surface area contributed by atoms with Gasteiger partial charge in [-0.1, -0.05) is 34.1 Å². The quantitative estimate of drug-likeness (QED) is 0.587. The van der Waals surface area contributed by atoms with Gasteiger partial charge in [0.1, 0.15) is 5.75 Å². The first-order valence-electron chi connectivity index (χ1n) is 9.21. The number of amides is 1. The molecule has 0 bridgehead atoms. The second-order valence-corrected chi connectivity index (χ2v) is 7.81. The van der Waals surface area contributed by atoms with Crippen LogP contribution in [0.15, 0.2) is 53.0 Å². The number of nitrogens with zero attached hydrogens (tertiary/aromatic N) is 2. The van der Waals surface area contributed by atoms with Crippen molar-refractivity contribution in [3.05, 3.63) is 75.5 Å². The van der Waals surface area contributed by atoms with E-state index in [1.165, 1.54) is 0 Å². The molecule has 28 heavy (non-hydrogen) atoms. The zero-order valence-electron chi connectivity index (χ0n) is 16.5. The third kappa shape index (κ3) is 4.44. The number of ether oxygens (including phenoxy) is 1. The number of halogens is 1. The van der Waals surface area contributed by atoms with Crippen molar-refractivity contribution in [2.75, 3.05) is 0 Å². The molecule has 1 aromatic heterocycles. The number of aryl methyl sites for hydroxylation is 1. The van der Waals surface area contributed by atoms with Gasteiger partial charge in [-0.3, -0.25) is 4.79 Å². The van der Waals surface area contributed by atoms with Crippen molar-refractivity contribution in [2.24, 2.45) is 0 Å². The van der Waals surface area contributed by atoms with E-state index in [0.29, 0.717) is 17.8 Å². The summed E-state index contributed by atoms with van der Waals surface area (Å²) in [6.07, 6.45) is 0.0745. The zero-order valence-corrected chi connectivity index (χ0v) is 18.1. The van der Waals surface area contributed by atoms with Gasteiger partial charge in [-0.2, -0.15) is 5.10 Å². The van der Waals surface area contributed by atoms with Gasteiger partial charge in [0, 0.05) is 16.6 Å². The van der Waals surface area contributed by atoms with Crippen LogP contribution in [0.5, 0.6) is 5.75 Å². The molecule has 6 heteroatoms. The van der Waals surface area contributed by atoms with Gasteiger partial charge in [-0.05, 0) is 58.0 Å². The summed E-state index contributed by atoms with van der Waals surface area (Å²) in [5.74, 6) is 0.648. The molecule has 1 N–H and O–H groups in total. The first-order chi connectivity index (χ1) is 13.4. The van der Waals surface area contributed by atoms with E-state index in [-0.39, 0.29) is 12.0 Å². The SMILES string of the molecule is Cc1nn(-c2ccc(Br)cc2)c(C)c1C(=O)NCc1ccccc1OC(C)C. The van der Waals surface area contributed by atoms with Gasteiger partial charge in [0.05, 0.1) is 28.7 Å². The number of carbonyl (C=O) groups excluding carboxylic acids is 1. The largest absolute Gasteiger partial charge is 0.491 e. The van der Waals surface area contributed by atoms with Crippen LogP contribution in [0, 0.1) is 13.8 Å². The lowest BCUT2D eigenvalue weighted by Crippen LogP contribution is -2.24. The Morgan fingerprint density at radius 1 is 1.14 bits per heavy atom. The Bertz CT molecular complexity index is 978. The number of hydrogen-bond donors (Lipinski definition) is 1. The van der Waals surface area contributed by atoms with Crippen molar-refractivity contribution >= 4 is 21.8 Å². The summed E-state index contributed by atoms with van der Waals surface area (Å²) >= 11 is 3.44. The monoisotopic (exact) mass is 441 g/mol. The Labute approximate surface area is 173 Å². The van der Waals surface area contributed by atoms with E-state index in [9.17, 15) is 4.79 Å². The van der Waals surface area contributed by atoms with E-state index in [1.807, 2.05) is 76.2 Å². The molecule has 0 spiro atoms. The maximum absolute atomic E-state index is 12.9. The number of carbonyl (C=O) groups is 1. The number of nitrogens with one attached hydrogen (secondary N) is 1. The summed E-state index contributed by atoms with van der Waals surface area (Å²) in [7, 11) is 0. The molecule has 3 aromatic rings. The van der Waals surface area contributed by atoms with Gasteiger partial charge in [0.2, 0.25) is 0 Å². The highest BCUT2D eigenvalue weighted by molar-refractivity contribution is 9.10. The van der Waals surface area contributed by atoms with Crippen LogP contribution < -0.4 is 10.1 Å². The van der Waals surface area contributed by atoms with Gasteiger partial charge in [0.15, 0.2) is 0 Å². The summed E-state index contributed by atoms with van der Waals surface area (Å²) in [4.78, 5) is 12.9. The van der Waals surface area contributed by atoms with E-state index in [4.69, 9.17) is 4.74 Å². The molecule has 1 heterocycles. The van der Waals surface area contributed by atoms with Crippen LogP contribution in [-0.2, 0) is 6.54 Å². The number of aromatic nitrogens is 2. The number of para-hydroxylation sites is 1. The normalized spacial score (nSPS) is 10.9. The molecule has 0 radical (unpaired) electrons. The van der Waals surface area contributed by atoms with Crippen molar-refractivity contribution in [1.82, 2.24) is 15.1 Å². The van der Waals surface area contributed by atoms with Crippen molar-refractivity contribution in [2.45, 2.75) is 40.3 Å². The van der Waals surface area contributed by atoms with Crippen LogP contribution in [-0.4, -0.2) is 21.8 Å². The summed E-state index contributed by atoms with van der Waals surface area (Å²) in [6.45, 7) is 8.13. The van der Waals surface area contributed by atoms with Gasteiger partial charge in [-0.25, -0.2) is 4.68 Å². The van der Waals surface area contributed by atoms with E-state index >= 15 is 0 Å². The summed E-state index contributed by atoms with van der Waals surface area (Å²) < 4.78 is 8.63. The Morgan fingerprint density at radius 3 is 2.50 bits per heavy atom. The Hall–Kier alpha value is -2.60. The van der Waals surface area contributed by atoms with E-state index in [2.05, 4.69) is 26.3 Å². The van der Waals surface area contributed by atoms with Crippen LogP contribution in [0.4, 0.5) is 0 Å². The second-order valence-electron chi connectivity index (χ2n) is 6.89. The molecule has 0 saturated heterocycles. The van der Waals surface area contributed by atoms with E-state index < -0.39 is 0 Å². The minimum absolute atomic E-state index is 0.0745. The maximum Gasteiger partial charge on any atom is 0.255 e. The van der Waals surface area contributed by atoms with Crippen LogP contribution in [0.25, 0.3) is 5.69 Å². The standard InChI is InChI=1S/C22H24BrN3O2/c1-14(2)28-20-8-6-5-7-17(20)13-24-22(27)21-15(3)25-26(16(21)4)19-11-9-18(23)10-12-19/h5-12,14H,13H2,1-4H3,(H,24,27). The average Bonchev–Trinajstić information content (AvgIpc) is 2.95. The first-order valence-corrected chi connectivity index (χ1v) is 10.0. The van der Waals surface area contributed by atoms with Crippen LogP contribution in [0.2, 0.25) is 0 Å². The van der Waals surface area contributed by atoms with Crippen molar-refractivity contribution in [3.8, 4) is 11.4 Å². The molecule has 0 aliphatic carbocycles. The fraction of sp³-hybridized carbons (Fsp3) is 0.273. The van der Waals surface area contributed by atoms with Crippen molar-refractivity contribution in [3.63, 3.8) is 0 Å². The molecule has 3 rings (SSSR count). The lowest BCUT2D eigenvalue weighted by Gasteiger charge is -2.14. The molecule has 5 nitrogen and oxygen atoms in total. The van der Waals surface area contributed by atoms with Gasteiger partial charge >= 0.3 is 0 Å². The van der Waals surface area contributed by atoms with Crippen molar-refractivity contribution < 1.29 is 9.53 Å². The third-order valence-electron chi connectivity index (χ3n) is 4.36. The Morgan fingerprint density at radius 2 is 1.82 bits per heavy atom. The van der Waals surface area contributed by atoms with Crippen molar-refractivity contribution in [1.29, 1.82) is 0 Å². The maximum atomic E-state index is 12.9. The molecule has 2 aromatic carbocycles. The topological polar surface area (TPSA) is 56.2 Å². The fourth-order valence-corrected chi connectivity index (χ4v) is 3.35. The zero-order chi connectivity index (χ0) is 20.3.